The molecule has 0 bridgehead atoms. The Kier molecular flexibility index (Phi) is 4.45. The molecule has 100 valence electrons. The highest BCUT2D eigenvalue weighted by Crippen LogP contribution is 2.36. The number of carbonyl (C=O) groups is 1. The second kappa shape index (κ2) is 5.90. The Hall–Kier alpha value is -1.10. The van der Waals surface area contributed by atoms with Gasteiger partial charge in [-0.1, -0.05) is 29.3 Å². The van der Waals surface area contributed by atoms with Crippen LogP contribution in [0.5, 0.6) is 0 Å². The normalized spacial score (nSPS) is 10.5. The zero-order valence-electron chi connectivity index (χ0n) is 10.4. The van der Waals surface area contributed by atoms with E-state index in [0.717, 1.165) is 10.6 Å². The van der Waals surface area contributed by atoms with Crippen LogP contribution in [0.25, 0.3) is 10.4 Å². The smallest absolute Gasteiger partial charge is 0.358 e. The third kappa shape index (κ3) is 3.08. The van der Waals surface area contributed by atoms with Crippen LogP contribution in [0.2, 0.25) is 10.0 Å². The predicted octanol–water partition coefficient (Wildman–Crippen LogP) is 4.60. The molecule has 0 unspecified atom stereocenters. The molecule has 0 spiro atoms. The maximum absolute atomic E-state index is 11.9. The van der Waals surface area contributed by atoms with Crippen molar-refractivity contribution in [1.82, 2.24) is 4.98 Å². The number of hydrogen-bond acceptors (Lipinski definition) is 4. The summed E-state index contributed by atoms with van der Waals surface area (Å²) in [6.45, 7) is 3.90. The lowest BCUT2D eigenvalue weighted by Gasteiger charge is -2.05. The Morgan fingerprint density at radius 1 is 1.42 bits per heavy atom. The molecule has 19 heavy (non-hydrogen) atoms. The average Bonchev–Trinajstić information content (AvgIpc) is 2.71. The van der Waals surface area contributed by atoms with E-state index in [0.29, 0.717) is 27.2 Å². The summed E-state index contributed by atoms with van der Waals surface area (Å²) >= 11 is 13.4. The van der Waals surface area contributed by atoms with Gasteiger partial charge in [-0.3, -0.25) is 0 Å². The summed E-state index contributed by atoms with van der Waals surface area (Å²) in [7, 11) is 0. The summed E-state index contributed by atoms with van der Waals surface area (Å²) in [6, 6.07) is 5.15. The highest BCUT2D eigenvalue weighted by atomic mass is 35.5. The van der Waals surface area contributed by atoms with Crippen molar-refractivity contribution in [3.8, 4) is 10.4 Å². The monoisotopic (exact) mass is 315 g/mol. The van der Waals surface area contributed by atoms with Gasteiger partial charge in [-0.25, -0.2) is 9.78 Å². The molecule has 1 aromatic carbocycles. The minimum atomic E-state index is -0.437. The third-order valence-corrected chi connectivity index (χ3v) is 3.93. The van der Waals surface area contributed by atoms with Gasteiger partial charge < -0.3 is 4.74 Å². The van der Waals surface area contributed by atoms with Crippen molar-refractivity contribution in [3.05, 3.63) is 38.9 Å². The van der Waals surface area contributed by atoms with E-state index in [9.17, 15) is 4.79 Å². The van der Waals surface area contributed by atoms with Crippen LogP contribution < -0.4 is 0 Å². The maximum atomic E-state index is 11.9. The number of aryl methyl sites for hydroxylation is 1. The molecule has 0 radical (unpaired) electrons. The summed E-state index contributed by atoms with van der Waals surface area (Å²) in [4.78, 5) is 16.8. The van der Waals surface area contributed by atoms with Crippen LogP contribution >= 0.6 is 34.5 Å². The molecular formula is C13H11Cl2NO2S. The number of ether oxygens (including phenoxy) is 1. The van der Waals surface area contributed by atoms with Gasteiger partial charge in [-0.15, -0.1) is 11.3 Å². The molecule has 0 saturated carbocycles. The summed E-state index contributed by atoms with van der Waals surface area (Å²) in [5.74, 6) is -0.437. The quantitative estimate of drug-likeness (QED) is 0.777. The number of benzene rings is 1. The van der Waals surface area contributed by atoms with E-state index in [1.54, 1.807) is 25.1 Å². The molecule has 3 nitrogen and oxygen atoms in total. The molecule has 2 rings (SSSR count). The summed E-state index contributed by atoms with van der Waals surface area (Å²) in [5, 5.41) is 1.82. The molecule has 0 N–H and O–H groups in total. The van der Waals surface area contributed by atoms with Gasteiger partial charge in [0.05, 0.1) is 21.5 Å². The van der Waals surface area contributed by atoms with Gasteiger partial charge in [-0.05, 0) is 26.0 Å². The van der Waals surface area contributed by atoms with Crippen LogP contribution in [-0.4, -0.2) is 17.6 Å². The Morgan fingerprint density at radius 2 is 2.16 bits per heavy atom. The van der Waals surface area contributed by atoms with Crippen molar-refractivity contribution in [2.24, 2.45) is 0 Å². The number of aromatic nitrogens is 1. The topological polar surface area (TPSA) is 39.2 Å². The maximum Gasteiger partial charge on any atom is 0.358 e. The number of halogens is 2. The van der Waals surface area contributed by atoms with Gasteiger partial charge in [0.15, 0.2) is 5.69 Å². The first kappa shape index (κ1) is 14.3. The van der Waals surface area contributed by atoms with E-state index in [1.165, 1.54) is 11.3 Å². The van der Waals surface area contributed by atoms with E-state index >= 15 is 0 Å². The highest BCUT2D eigenvalue weighted by Gasteiger charge is 2.21. The lowest BCUT2D eigenvalue weighted by molar-refractivity contribution is 0.0521. The Bertz CT molecular complexity index is 625. The molecule has 0 aliphatic heterocycles. The number of carbonyl (C=O) groups excluding carboxylic acids is 1. The molecule has 1 aromatic heterocycles. The number of rotatable bonds is 3. The Balaban J connectivity index is 2.52. The zero-order valence-corrected chi connectivity index (χ0v) is 12.7. The zero-order chi connectivity index (χ0) is 14.0. The molecule has 0 amide bonds. The molecule has 1 heterocycles. The van der Waals surface area contributed by atoms with Gasteiger partial charge in [0.25, 0.3) is 0 Å². The van der Waals surface area contributed by atoms with E-state index in [-0.39, 0.29) is 0 Å². The van der Waals surface area contributed by atoms with E-state index < -0.39 is 5.97 Å². The summed E-state index contributed by atoms with van der Waals surface area (Å²) in [6.07, 6.45) is 0. The van der Waals surface area contributed by atoms with E-state index in [1.807, 2.05) is 6.92 Å². The van der Waals surface area contributed by atoms with E-state index in [2.05, 4.69) is 4.98 Å². The number of nitrogens with zero attached hydrogens (tertiary/aromatic N) is 1. The largest absolute Gasteiger partial charge is 0.461 e. The molecule has 0 fully saturated rings. The Labute approximate surface area is 125 Å². The van der Waals surface area contributed by atoms with Crippen LogP contribution in [-0.2, 0) is 4.74 Å². The van der Waals surface area contributed by atoms with Crippen LogP contribution in [0.3, 0.4) is 0 Å². The first-order chi connectivity index (χ1) is 9.02. The highest BCUT2D eigenvalue weighted by molar-refractivity contribution is 7.15. The van der Waals surface area contributed by atoms with Crippen LogP contribution in [0.4, 0.5) is 0 Å². The van der Waals surface area contributed by atoms with Crippen molar-refractivity contribution in [2.45, 2.75) is 13.8 Å². The lowest BCUT2D eigenvalue weighted by atomic mass is 10.1. The molecule has 6 heteroatoms. The minimum absolute atomic E-state index is 0.300. The number of hydrogen-bond donors (Lipinski definition) is 0. The molecule has 0 atom stereocenters. The van der Waals surface area contributed by atoms with Crippen molar-refractivity contribution < 1.29 is 9.53 Å². The molecular weight excluding hydrogens is 305 g/mol. The number of thiazole rings is 1. The molecule has 0 aliphatic carbocycles. The van der Waals surface area contributed by atoms with Crippen LogP contribution in [0.1, 0.15) is 22.4 Å². The summed E-state index contributed by atoms with van der Waals surface area (Å²) in [5.41, 5.74) is 1.04. The SMILES string of the molecule is CCOC(=O)c1nc(C)sc1-c1ccc(Cl)cc1Cl. The van der Waals surface area contributed by atoms with Gasteiger partial charge in [0.1, 0.15) is 0 Å². The fraction of sp³-hybridized carbons (Fsp3) is 0.231. The summed E-state index contributed by atoms with van der Waals surface area (Å²) < 4.78 is 5.00. The van der Waals surface area contributed by atoms with Crippen molar-refractivity contribution in [3.63, 3.8) is 0 Å². The van der Waals surface area contributed by atoms with Crippen molar-refractivity contribution >= 4 is 40.5 Å². The lowest BCUT2D eigenvalue weighted by Crippen LogP contribution is -2.06. The molecule has 0 saturated heterocycles. The fourth-order valence-electron chi connectivity index (χ4n) is 1.62. The predicted molar refractivity (Wildman–Crippen MR) is 78.3 cm³/mol. The first-order valence-corrected chi connectivity index (χ1v) is 7.20. The van der Waals surface area contributed by atoms with Crippen LogP contribution in [0.15, 0.2) is 18.2 Å². The van der Waals surface area contributed by atoms with Gasteiger partial charge in [-0.2, -0.15) is 0 Å². The molecule has 0 aliphatic rings. The standard InChI is InChI=1S/C13H11Cl2NO2S/c1-3-18-13(17)11-12(19-7(2)16-11)9-5-4-8(14)6-10(9)15/h4-6H,3H2,1-2H3. The fourth-order valence-corrected chi connectivity index (χ4v) is 3.13. The minimum Gasteiger partial charge on any atom is -0.461 e. The van der Waals surface area contributed by atoms with Crippen LogP contribution in [0, 0.1) is 6.92 Å². The third-order valence-electron chi connectivity index (χ3n) is 2.38. The van der Waals surface area contributed by atoms with Crippen molar-refractivity contribution in [1.29, 1.82) is 0 Å². The average molecular weight is 316 g/mol. The van der Waals surface area contributed by atoms with Gasteiger partial charge >= 0.3 is 5.97 Å². The number of esters is 1. The second-order valence-corrected chi connectivity index (χ2v) is 5.80. The van der Waals surface area contributed by atoms with Gasteiger partial charge in [0.2, 0.25) is 0 Å². The first-order valence-electron chi connectivity index (χ1n) is 5.63. The molecule has 2 aromatic rings. The second-order valence-electron chi connectivity index (χ2n) is 3.76. The van der Waals surface area contributed by atoms with Crippen molar-refractivity contribution in [2.75, 3.05) is 6.61 Å². The van der Waals surface area contributed by atoms with Gasteiger partial charge in [0, 0.05) is 10.6 Å². The van der Waals surface area contributed by atoms with E-state index in [4.69, 9.17) is 27.9 Å². The Morgan fingerprint density at radius 3 is 2.79 bits per heavy atom.